The molecule has 62 heavy (non-hydrogen) atoms. The lowest BCUT2D eigenvalue weighted by atomic mass is 10.2. The first-order chi connectivity index (χ1) is 30.0. The minimum atomic E-state index is -4.42. The van der Waals surface area contributed by atoms with Gasteiger partial charge in [-0.1, -0.05) is 160 Å². The zero-order valence-corrected chi connectivity index (χ0v) is 39.9. The molecule has 0 fully saturated rings. The molecule has 2 atom stereocenters. The van der Waals surface area contributed by atoms with E-state index < -0.39 is 32.5 Å². The van der Waals surface area contributed by atoms with Crippen LogP contribution in [0.1, 0.15) is 129 Å². The second-order valence-electron chi connectivity index (χ2n) is 15.7. The van der Waals surface area contributed by atoms with Gasteiger partial charge in [-0.3, -0.25) is 18.6 Å². The molecule has 0 radical (unpaired) electrons. The standard InChI is InChI=1S/C52H82NO8P/c1-6-8-10-12-14-16-18-20-22-24-26-28-30-32-34-36-38-40-42-44-51(54)58-48-50(49-60-62(56,57)59-47-46-53(3,4)5)61-52(55)45-43-41-39-37-35-33-31-29-27-25-23-21-19-17-15-13-11-9-7-2/h8,10,14-17,20-23,26-29,32-35,38-41,50H,6-7,9,11-13,18-19,24-25,30-31,36-37,42-49H2,1-5H3/p+1/b10-8+,16-14+,17-15+,22-20+,23-21+,28-26+,29-27+,34-32+,35-33+,40-38+,41-39+/t50-/m1/s1. The second-order valence-corrected chi connectivity index (χ2v) is 17.1. The number of unbranched alkanes of at least 4 members (excludes halogenated alkanes) is 3. The molecule has 0 aliphatic heterocycles. The number of rotatable bonds is 39. The number of esters is 2. The third kappa shape index (κ3) is 45.7. The maximum atomic E-state index is 12.7. The van der Waals surface area contributed by atoms with E-state index in [1.165, 1.54) is 25.7 Å². The van der Waals surface area contributed by atoms with Crippen LogP contribution < -0.4 is 0 Å². The van der Waals surface area contributed by atoms with Crippen LogP contribution in [-0.2, 0) is 32.7 Å². The Labute approximate surface area is 377 Å². The lowest BCUT2D eigenvalue weighted by Crippen LogP contribution is -2.37. The van der Waals surface area contributed by atoms with Gasteiger partial charge in [0, 0.05) is 12.8 Å². The lowest BCUT2D eigenvalue weighted by Gasteiger charge is -2.24. The smallest absolute Gasteiger partial charge is 0.462 e. The Morgan fingerprint density at radius 3 is 1.31 bits per heavy atom. The number of ether oxygens (including phenoxy) is 2. The molecule has 0 saturated carbocycles. The van der Waals surface area contributed by atoms with Gasteiger partial charge < -0.3 is 18.9 Å². The van der Waals surface area contributed by atoms with E-state index in [9.17, 15) is 19.0 Å². The molecule has 0 aromatic rings. The van der Waals surface area contributed by atoms with Gasteiger partial charge in [0.2, 0.25) is 0 Å². The summed E-state index contributed by atoms with van der Waals surface area (Å²) in [4.78, 5) is 35.4. The molecular weight excluding hydrogens is 798 g/mol. The number of nitrogens with zero attached hydrogens (tertiary/aromatic N) is 1. The molecule has 0 aromatic carbocycles. The quantitative estimate of drug-likeness (QED) is 0.0214. The number of carbonyl (C=O) groups is 2. The minimum absolute atomic E-state index is 0.00128. The summed E-state index contributed by atoms with van der Waals surface area (Å²) in [7, 11) is 1.37. The molecule has 0 spiro atoms. The van der Waals surface area contributed by atoms with Crippen LogP contribution in [0.5, 0.6) is 0 Å². The number of hydrogen-bond acceptors (Lipinski definition) is 7. The van der Waals surface area contributed by atoms with Crippen molar-refractivity contribution in [2.45, 2.75) is 136 Å². The Bertz CT molecular complexity index is 1510. The molecule has 0 aromatic heterocycles. The predicted molar refractivity (Wildman–Crippen MR) is 260 cm³/mol. The largest absolute Gasteiger partial charge is 0.472 e. The third-order valence-electron chi connectivity index (χ3n) is 8.69. The Hall–Kier alpha value is -3.85. The van der Waals surface area contributed by atoms with Gasteiger partial charge in [0.1, 0.15) is 19.8 Å². The number of likely N-dealkylation sites (N-methyl/N-ethyl adjacent to an activating group) is 1. The van der Waals surface area contributed by atoms with Crippen molar-refractivity contribution in [3.05, 3.63) is 134 Å². The first kappa shape index (κ1) is 58.1. The highest BCUT2D eigenvalue weighted by Gasteiger charge is 2.27. The third-order valence-corrected chi connectivity index (χ3v) is 9.68. The fourth-order valence-corrected chi connectivity index (χ4v) is 5.88. The molecule has 0 heterocycles. The van der Waals surface area contributed by atoms with Crippen molar-refractivity contribution in [3.63, 3.8) is 0 Å². The average Bonchev–Trinajstić information content (AvgIpc) is 3.23. The van der Waals surface area contributed by atoms with Crippen LogP contribution >= 0.6 is 7.82 Å². The summed E-state index contributed by atoms with van der Waals surface area (Å²) in [5, 5.41) is 0. The fourth-order valence-electron chi connectivity index (χ4n) is 5.14. The number of phosphoric ester groups is 1. The summed E-state index contributed by atoms with van der Waals surface area (Å²) in [5.41, 5.74) is 0. The highest BCUT2D eigenvalue weighted by Crippen LogP contribution is 2.43. The van der Waals surface area contributed by atoms with Crippen molar-refractivity contribution >= 4 is 19.8 Å². The number of quaternary nitrogens is 1. The maximum Gasteiger partial charge on any atom is 0.472 e. The van der Waals surface area contributed by atoms with Gasteiger partial charge in [-0.25, -0.2) is 4.57 Å². The molecule has 0 bridgehead atoms. The SMILES string of the molecule is CC/C=C/C/C=C/C/C=C/C/C=C/C/C=C/C/C=C/CCC(=O)OC[C@H](COP(=O)(O)OCC[N+](C)(C)C)OC(=O)CC/C=C/C/C=C/C/C=C/C/C=C/C/C=C/CCCCC. The molecule has 348 valence electrons. The van der Waals surface area contributed by atoms with E-state index in [2.05, 4.69) is 123 Å². The van der Waals surface area contributed by atoms with Crippen molar-refractivity contribution in [2.24, 2.45) is 0 Å². The van der Waals surface area contributed by atoms with Crippen molar-refractivity contribution in [3.8, 4) is 0 Å². The molecule has 9 nitrogen and oxygen atoms in total. The van der Waals surface area contributed by atoms with E-state index in [1.807, 2.05) is 45.4 Å². The zero-order valence-electron chi connectivity index (χ0n) is 39.0. The topological polar surface area (TPSA) is 108 Å². The van der Waals surface area contributed by atoms with Crippen LogP contribution in [0.25, 0.3) is 0 Å². The van der Waals surface area contributed by atoms with Crippen LogP contribution in [0.2, 0.25) is 0 Å². The van der Waals surface area contributed by atoms with Gasteiger partial charge >= 0.3 is 19.8 Å². The normalized spacial score (nSPS) is 14.7. The number of phosphoric acid groups is 1. The van der Waals surface area contributed by atoms with Gasteiger partial charge in [0.25, 0.3) is 0 Å². The summed E-state index contributed by atoms with van der Waals surface area (Å²) in [6.45, 7) is 4.07. The van der Waals surface area contributed by atoms with Crippen LogP contribution in [0.4, 0.5) is 0 Å². The molecule has 0 rings (SSSR count). The van der Waals surface area contributed by atoms with Gasteiger partial charge in [0.05, 0.1) is 27.7 Å². The number of allylic oxidation sites excluding steroid dienone is 22. The first-order valence-corrected chi connectivity index (χ1v) is 24.4. The van der Waals surface area contributed by atoms with E-state index in [-0.39, 0.29) is 26.1 Å². The summed E-state index contributed by atoms with van der Waals surface area (Å²) in [6.07, 6.45) is 61.1. The molecule has 0 amide bonds. The van der Waals surface area contributed by atoms with Crippen LogP contribution in [0.3, 0.4) is 0 Å². The van der Waals surface area contributed by atoms with Crippen molar-refractivity contribution in [2.75, 3.05) is 47.5 Å². The molecule has 0 saturated heterocycles. The van der Waals surface area contributed by atoms with Gasteiger partial charge in [-0.2, -0.15) is 0 Å². The minimum Gasteiger partial charge on any atom is -0.462 e. The first-order valence-electron chi connectivity index (χ1n) is 22.9. The lowest BCUT2D eigenvalue weighted by molar-refractivity contribution is -0.870. The van der Waals surface area contributed by atoms with E-state index in [4.69, 9.17) is 18.5 Å². The molecule has 1 N–H and O–H groups in total. The average molecular weight is 881 g/mol. The zero-order chi connectivity index (χ0) is 45.7. The van der Waals surface area contributed by atoms with E-state index in [0.717, 1.165) is 64.2 Å². The van der Waals surface area contributed by atoms with E-state index in [1.54, 1.807) is 0 Å². The monoisotopic (exact) mass is 881 g/mol. The summed E-state index contributed by atoms with van der Waals surface area (Å²) >= 11 is 0. The fraction of sp³-hybridized carbons (Fsp3) is 0.538. The molecular formula is C52H83NO8P+. The Kier molecular flexibility index (Phi) is 39.8. The maximum absolute atomic E-state index is 12.7. The number of hydrogen-bond donors (Lipinski definition) is 1. The van der Waals surface area contributed by atoms with E-state index in [0.29, 0.717) is 23.9 Å². The van der Waals surface area contributed by atoms with Crippen molar-refractivity contribution in [1.82, 2.24) is 0 Å². The van der Waals surface area contributed by atoms with Crippen molar-refractivity contribution < 1.29 is 42.1 Å². The van der Waals surface area contributed by atoms with E-state index >= 15 is 0 Å². The van der Waals surface area contributed by atoms with Crippen LogP contribution in [0, 0.1) is 0 Å². The Morgan fingerprint density at radius 2 is 0.903 bits per heavy atom. The number of carbonyl (C=O) groups excluding carboxylic acids is 2. The van der Waals surface area contributed by atoms with Crippen LogP contribution in [-0.4, -0.2) is 74.9 Å². The Morgan fingerprint density at radius 1 is 0.516 bits per heavy atom. The highest BCUT2D eigenvalue weighted by atomic mass is 31.2. The van der Waals surface area contributed by atoms with Gasteiger partial charge in [-0.05, 0) is 89.9 Å². The molecule has 0 aliphatic rings. The van der Waals surface area contributed by atoms with Crippen molar-refractivity contribution in [1.29, 1.82) is 0 Å². The molecule has 0 aliphatic carbocycles. The summed E-state index contributed by atoms with van der Waals surface area (Å²) in [6, 6.07) is 0. The highest BCUT2D eigenvalue weighted by molar-refractivity contribution is 7.47. The summed E-state index contributed by atoms with van der Waals surface area (Å²) < 4.78 is 34.1. The molecule has 1 unspecified atom stereocenters. The second kappa shape index (κ2) is 42.5. The Balaban J connectivity index is 4.61. The van der Waals surface area contributed by atoms with Crippen LogP contribution in [0.15, 0.2) is 134 Å². The summed E-state index contributed by atoms with van der Waals surface area (Å²) in [5.74, 6) is -1.01. The van der Waals surface area contributed by atoms with Gasteiger partial charge in [0.15, 0.2) is 6.10 Å². The molecule has 10 heteroatoms. The predicted octanol–water partition coefficient (Wildman–Crippen LogP) is 13.5. The van der Waals surface area contributed by atoms with Gasteiger partial charge in [-0.15, -0.1) is 0 Å².